The van der Waals surface area contributed by atoms with Crippen LogP contribution in [0.4, 0.5) is 8.78 Å². The molecule has 0 radical (unpaired) electrons. The molecule has 1 saturated heterocycles. The van der Waals surface area contributed by atoms with Crippen molar-refractivity contribution in [1.82, 2.24) is 19.8 Å². The number of pyridine rings is 1. The first kappa shape index (κ1) is 22.5. The topological polar surface area (TPSA) is 70.9 Å². The fourth-order valence-electron chi connectivity index (χ4n) is 3.20. The lowest BCUT2D eigenvalue weighted by atomic mass is 10.1. The standard InChI is InChI=1S/C21H20ClF2N5O2S/c1-28-4-6-29(7-5-28)12-25-10-16(30)19-14(23)2-3-17(20(19)24)31-11-18-27-15-8-13(22)9-26-21(15)32-18/h2-3,8-9,12H,4-7,10-11H2,1H3. The van der Waals surface area contributed by atoms with E-state index in [2.05, 4.69) is 19.9 Å². The van der Waals surface area contributed by atoms with E-state index in [1.807, 2.05) is 11.9 Å². The molecule has 0 atom stereocenters. The molecule has 0 saturated carbocycles. The smallest absolute Gasteiger partial charge is 0.190 e. The van der Waals surface area contributed by atoms with E-state index in [0.717, 1.165) is 38.3 Å². The molecular formula is C21H20ClF2N5O2S. The molecule has 0 bridgehead atoms. The Labute approximate surface area is 192 Å². The van der Waals surface area contributed by atoms with Gasteiger partial charge in [0.2, 0.25) is 0 Å². The third-order valence-corrected chi connectivity index (χ3v) is 6.12. The number of carbonyl (C=O) groups is 1. The van der Waals surface area contributed by atoms with E-state index in [4.69, 9.17) is 16.3 Å². The molecule has 11 heteroatoms. The molecule has 32 heavy (non-hydrogen) atoms. The molecule has 1 aromatic carbocycles. The zero-order chi connectivity index (χ0) is 22.7. The van der Waals surface area contributed by atoms with Crippen LogP contribution < -0.4 is 4.74 Å². The monoisotopic (exact) mass is 479 g/mol. The van der Waals surface area contributed by atoms with E-state index < -0.39 is 23.0 Å². The van der Waals surface area contributed by atoms with E-state index in [0.29, 0.717) is 20.4 Å². The van der Waals surface area contributed by atoms with Crippen molar-refractivity contribution in [3.05, 3.63) is 51.6 Å². The molecule has 7 nitrogen and oxygen atoms in total. The molecule has 0 spiro atoms. The second-order valence-electron chi connectivity index (χ2n) is 7.33. The third-order valence-electron chi connectivity index (χ3n) is 4.96. The van der Waals surface area contributed by atoms with Crippen molar-refractivity contribution in [1.29, 1.82) is 0 Å². The molecule has 1 aliphatic heterocycles. The van der Waals surface area contributed by atoms with E-state index in [1.54, 1.807) is 12.4 Å². The number of thiazole rings is 1. The number of nitrogens with zero attached hydrogens (tertiary/aromatic N) is 5. The number of benzene rings is 1. The summed E-state index contributed by atoms with van der Waals surface area (Å²) < 4.78 is 34.6. The Morgan fingerprint density at radius 1 is 1.31 bits per heavy atom. The van der Waals surface area contributed by atoms with Gasteiger partial charge in [0, 0.05) is 32.4 Å². The Balaban J connectivity index is 1.42. The maximum absolute atomic E-state index is 14.9. The van der Waals surface area contributed by atoms with Crippen LogP contribution in [0.1, 0.15) is 15.4 Å². The molecular weight excluding hydrogens is 460 g/mol. The van der Waals surface area contributed by atoms with Crippen LogP contribution in [0.3, 0.4) is 0 Å². The number of hydrogen-bond donors (Lipinski definition) is 0. The minimum atomic E-state index is -1.05. The van der Waals surface area contributed by atoms with Crippen molar-refractivity contribution < 1.29 is 18.3 Å². The van der Waals surface area contributed by atoms with Crippen LogP contribution in [0, 0.1) is 11.6 Å². The molecule has 3 heterocycles. The fourth-order valence-corrected chi connectivity index (χ4v) is 4.15. The Morgan fingerprint density at radius 3 is 2.88 bits per heavy atom. The lowest BCUT2D eigenvalue weighted by Gasteiger charge is -2.30. The first-order valence-corrected chi connectivity index (χ1v) is 11.1. The van der Waals surface area contributed by atoms with E-state index in [-0.39, 0.29) is 18.9 Å². The number of fused-ring (bicyclic) bond motifs is 1. The van der Waals surface area contributed by atoms with Gasteiger partial charge in [-0.25, -0.2) is 18.7 Å². The van der Waals surface area contributed by atoms with E-state index in [1.165, 1.54) is 17.5 Å². The zero-order valence-electron chi connectivity index (χ0n) is 17.2. The van der Waals surface area contributed by atoms with Crippen LogP contribution in [-0.2, 0) is 6.61 Å². The van der Waals surface area contributed by atoms with Crippen molar-refractivity contribution in [3.63, 3.8) is 0 Å². The summed E-state index contributed by atoms with van der Waals surface area (Å²) in [6, 6.07) is 3.83. The fraction of sp³-hybridized carbons (Fsp3) is 0.333. The summed E-state index contributed by atoms with van der Waals surface area (Å²) in [5.74, 6) is -2.99. The summed E-state index contributed by atoms with van der Waals surface area (Å²) in [6.07, 6.45) is 3.07. The third kappa shape index (κ3) is 5.20. The van der Waals surface area contributed by atoms with Gasteiger partial charge in [0.1, 0.15) is 34.3 Å². The Morgan fingerprint density at radius 2 is 2.09 bits per heavy atom. The Bertz CT molecular complexity index is 1160. The highest BCUT2D eigenvalue weighted by Gasteiger charge is 2.21. The van der Waals surface area contributed by atoms with E-state index in [9.17, 15) is 13.6 Å². The summed E-state index contributed by atoms with van der Waals surface area (Å²) in [6.45, 7) is 2.94. The van der Waals surface area contributed by atoms with Gasteiger partial charge in [-0.1, -0.05) is 22.9 Å². The number of likely N-dealkylation sites (N-methyl/N-ethyl adjacent to an activating group) is 1. The van der Waals surface area contributed by atoms with Crippen molar-refractivity contribution in [2.75, 3.05) is 39.8 Å². The first-order valence-electron chi connectivity index (χ1n) is 9.88. The number of ether oxygens (including phenoxy) is 1. The second kappa shape index (κ2) is 9.85. The number of aliphatic imine (C=N–C) groups is 1. The van der Waals surface area contributed by atoms with Gasteiger partial charge in [0.05, 0.1) is 16.9 Å². The number of carbonyl (C=O) groups excluding carboxylic acids is 1. The van der Waals surface area contributed by atoms with Crippen LogP contribution >= 0.6 is 22.9 Å². The van der Waals surface area contributed by atoms with Gasteiger partial charge < -0.3 is 14.5 Å². The first-order chi connectivity index (χ1) is 15.4. The summed E-state index contributed by atoms with van der Waals surface area (Å²) in [5, 5.41) is 1.00. The minimum Gasteiger partial charge on any atom is -0.483 e. The molecule has 0 N–H and O–H groups in total. The van der Waals surface area contributed by atoms with Gasteiger partial charge in [-0.05, 0) is 25.2 Å². The number of hydrogen-bond acceptors (Lipinski definition) is 7. The highest BCUT2D eigenvalue weighted by molar-refractivity contribution is 7.18. The molecule has 3 aromatic rings. The number of Topliss-reactive ketones (excluding diaryl/α,β-unsaturated/α-hetero) is 1. The lowest BCUT2D eigenvalue weighted by molar-refractivity contribution is 0.0992. The number of aromatic nitrogens is 2. The van der Waals surface area contributed by atoms with Gasteiger partial charge in [-0.2, -0.15) is 0 Å². The van der Waals surface area contributed by atoms with Gasteiger partial charge in [-0.15, -0.1) is 0 Å². The average molecular weight is 480 g/mol. The molecule has 0 amide bonds. The number of rotatable bonds is 7. The molecule has 4 rings (SSSR count). The summed E-state index contributed by atoms with van der Waals surface area (Å²) in [7, 11) is 2.03. The van der Waals surface area contributed by atoms with Crippen LogP contribution in [0.15, 0.2) is 29.4 Å². The lowest BCUT2D eigenvalue weighted by Crippen LogP contribution is -2.43. The molecule has 2 aromatic heterocycles. The van der Waals surface area contributed by atoms with Gasteiger partial charge in [0.15, 0.2) is 17.3 Å². The minimum absolute atomic E-state index is 0.0591. The van der Waals surface area contributed by atoms with Crippen molar-refractivity contribution in [3.8, 4) is 5.75 Å². The number of piperazine rings is 1. The number of halogens is 3. The predicted octanol–water partition coefficient (Wildman–Crippen LogP) is 3.66. The number of ketones is 1. The van der Waals surface area contributed by atoms with Crippen LogP contribution in [-0.4, -0.2) is 71.7 Å². The van der Waals surface area contributed by atoms with Crippen molar-refractivity contribution in [2.45, 2.75) is 6.61 Å². The Kier molecular flexibility index (Phi) is 6.92. The predicted molar refractivity (Wildman–Crippen MR) is 120 cm³/mol. The van der Waals surface area contributed by atoms with Gasteiger partial charge in [-0.3, -0.25) is 9.79 Å². The van der Waals surface area contributed by atoms with Crippen molar-refractivity contribution >= 4 is 45.4 Å². The van der Waals surface area contributed by atoms with Crippen molar-refractivity contribution in [2.24, 2.45) is 4.99 Å². The summed E-state index contributed by atoms with van der Waals surface area (Å²) in [5.41, 5.74) is -0.0504. The molecule has 1 fully saturated rings. The average Bonchev–Trinajstić information content (AvgIpc) is 3.16. The molecule has 168 valence electrons. The van der Waals surface area contributed by atoms with Gasteiger partial charge in [0.25, 0.3) is 0 Å². The summed E-state index contributed by atoms with van der Waals surface area (Å²) >= 11 is 7.18. The molecule has 0 aliphatic carbocycles. The Hall–Kier alpha value is -2.69. The molecule has 1 aliphatic rings. The quantitative estimate of drug-likeness (QED) is 0.292. The van der Waals surface area contributed by atoms with Gasteiger partial charge >= 0.3 is 0 Å². The SMILES string of the molecule is CN1CCN(C=NCC(=O)c2c(F)ccc(OCc3nc4cc(Cl)cnc4s3)c2F)CC1. The maximum Gasteiger partial charge on any atom is 0.190 e. The highest BCUT2D eigenvalue weighted by Crippen LogP contribution is 2.27. The normalized spacial score (nSPS) is 15.1. The highest BCUT2D eigenvalue weighted by atomic mass is 35.5. The zero-order valence-corrected chi connectivity index (χ0v) is 18.8. The van der Waals surface area contributed by atoms with Crippen LogP contribution in [0.2, 0.25) is 5.02 Å². The second-order valence-corrected chi connectivity index (χ2v) is 8.83. The van der Waals surface area contributed by atoms with E-state index >= 15 is 0 Å². The van der Waals surface area contributed by atoms with Crippen LogP contribution in [0.5, 0.6) is 5.75 Å². The maximum atomic E-state index is 14.9. The van der Waals surface area contributed by atoms with Crippen LogP contribution in [0.25, 0.3) is 10.3 Å². The largest absolute Gasteiger partial charge is 0.483 e. The molecule has 0 unspecified atom stereocenters. The summed E-state index contributed by atoms with van der Waals surface area (Å²) in [4.78, 5) is 29.8.